The highest BCUT2D eigenvalue weighted by atomic mass is 16.2. The summed E-state index contributed by atoms with van der Waals surface area (Å²) in [7, 11) is 1.72. The second-order valence-corrected chi connectivity index (χ2v) is 5.76. The molecule has 1 atom stereocenters. The third-order valence-corrected chi connectivity index (χ3v) is 3.72. The quantitative estimate of drug-likeness (QED) is 0.720. The van der Waals surface area contributed by atoms with Crippen LogP contribution in [0.3, 0.4) is 0 Å². The van der Waals surface area contributed by atoms with E-state index in [-0.39, 0.29) is 30.8 Å². The Morgan fingerprint density at radius 3 is 2.14 bits per heavy atom. The summed E-state index contributed by atoms with van der Waals surface area (Å²) in [5.74, 6) is -0.237. The van der Waals surface area contributed by atoms with Gasteiger partial charge >= 0.3 is 0 Å². The van der Waals surface area contributed by atoms with Gasteiger partial charge in [0.25, 0.3) is 0 Å². The largest absolute Gasteiger partial charge is 0.342 e. The fraction of sp³-hybridized carbons (Fsp3) is 0.800. The van der Waals surface area contributed by atoms with Crippen molar-refractivity contribution in [1.82, 2.24) is 15.1 Å². The molecule has 0 radical (unpaired) electrons. The number of hydrogen-bond donors (Lipinski definition) is 1. The van der Waals surface area contributed by atoms with Crippen molar-refractivity contribution in [3.8, 4) is 6.07 Å². The molecule has 0 aliphatic rings. The molecular weight excluding hydrogens is 268 g/mol. The van der Waals surface area contributed by atoms with Crippen LogP contribution < -0.4 is 5.32 Å². The third kappa shape index (κ3) is 6.13. The number of nitriles is 1. The number of likely N-dealkylation sites (N-methyl/N-ethyl adjacent to an activating group) is 2. The summed E-state index contributed by atoms with van der Waals surface area (Å²) in [6.45, 7) is 10.9. The SMILES string of the molecule is CCN(CC)C(=O)CN(C)CC(=O)N[C@](C)(C#N)C(C)C. The van der Waals surface area contributed by atoms with Crippen LogP contribution in [-0.4, -0.2) is 60.4 Å². The van der Waals surface area contributed by atoms with Crippen molar-refractivity contribution >= 4 is 11.8 Å². The minimum absolute atomic E-state index is 0.00204. The lowest BCUT2D eigenvalue weighted by atomic mass is 9.90. The van der Waals surface area contributed by atoms with E-state index in [1.54, 1.807) is 23.8 Å². The van der Waals surface area contributed by atoms with Crippen LogP contribution in [0, 0.1) is 17.2 Å². The predicted octanol–water partition coefficient (Wildman–Crippen LogP) is 0.841. The monoisotopic (exact) mass is 296 g/mol. The zero-order chi connectivity index (χ0) is 16.6. The van der Waals surface area contributed by atoms with Crippen molar-refractivity contribution in [2.75, 3.05) is 33.2 Å². The van der Waals surface area contributed by atoms with Crippen LogP contribution in [0.1, 0.15) is 34.6 Å². The molecular formula is C15H28N4O2. The normalized spacial score (nSPS) is 13.7. The van der Waals surface area contributed by atoms with E-state index >= 15 is 0 Å². The Kier molecular flexibility index (Phi) is 7.97. The molecule has 0 aliphatic carbocycles. The molecule has 0 aromatic heterocycles. The van der Waals surface area contributed by atoms with E-state index in [9.17, 15) is 14.9 Å². The Bertz CT molecular complexity index is 399. The molecule has 6 heteroatoms. The summed E-state index contributed by atoms with van der Waals surface area (Å²) < 4.78 is 0. The minimum Gasteiger partial charge on any atom is -0.342 e. The highest BCUT2D eigenvalue weighted by Crippen LogP contribution is 2.14. The van der Waals surface area contributed by atoms with Gasteiger partial charge in [-0.2, -0.15) is 5.26 Å². The maximum absolute atomic E-state index is 12.0. The van der Waals surface area contributed by atoms with Crippen molar-refractivity contribution in [3.05, 3.63) is 0 Å². The van der Waals surface area contributed by atoms with Gasteiger partial charge in [0.2, 0.25) is 11.8 Å². The number of carbonyl (C=O) groups is 2. The summed E-state index contributed by atoms with van der Waals surface area (Å²) >= 11 is 0. The molecule has 0 bridgehead atoms. The molecule has 0 saturated heterocycles. The Labute approximate surface area is 128 Å². The van der Waals surface area contributed by atoms with Gasteiger partial charge in [0.05, 0.1) is 19.2 Å². The molecule has 0 fully saturated rings. The van der Waals surface area contributed by atoms with E-state index < -0.39 is 5.54 Å². The highest BCUT2D eigenvalue weighted by molar-refractivity contribution is 5.81. The molecule has 0 spiro atoms. The van der Waals surface area contributed by atoms with E-state index in [0.29, 0.717) is 13.1 Å². The van der Waals surface area contributed by atoms with E-state index in [1.807, 2.05) is 27.7 Å². The van der Waals surface area contributed by atoms with Crippen LogP contribution in [0.15, 0.2) is 0 Å². The second kappa shape index (κ2) is 8.63. The molecule has 0 aliphatic heterocycles. The zero-order valence-corrected chi connectivity index (χ0v) is 14.1. The maximum Gasteiger partial charge on any atom is 0.236 e. The molecule has 21 heavy (non-hydrogen) atoms. The van der Waals surface area contributed by atoms with Crippen LogP contribution in [0.4, 0.5) is 0 Å². The van der Waals surface area contributed by atoms with Crippen LogP contribution in [0.5, 0.6) is 0 Å². The number of rotatable bonds is 8. The molecule has 1 N–H and O–H groups in total. The first-order valence-corrected chi connectivity index (χ1v) is 7.38. The summed E-state index contributed by atoms with van der Waals surface area (Å²) in [5, 5.41) is 11.9. The van der Waals surface area contributed by atoms with E-state index in [2.05, 4.69) is 11.4 Å². The lowest BCUT2D eigenvalue weighted by molar-refractivity contribution is -0.132. The van der Waals surface area contributed by atoms with Gasteiger partial charge < -0.3 is 10.2 Å². The average Bonchev–Trinajstić information content (AvgIpc) is 2.39. The Morgan fingerprint density at radius 2 is 1.76 bits per heavy atom. The van der Waals surface area contributed by atoms with Gasteiger partial charge in [-0.25, -0.2) is 0 Å². The van der Waals surface area contributed by atoms with Gasteiger partial charge in [0.15, 0.2) is 0 Å². The minimum atomic E-state index is -0.888. The van der Waals surface area contributed by atoms with Crippen molar-refractivity contribution in [2.24, 2.45) is 5.92 Å². The van der Waals surface area contributed by atoms with Crippen molar-refractivity contribution < 1.29 is 9.59 Å². The maximum atomic E-state index is 12.0. The highest BCUT2D eigenvalue weighted by Gasteiger charge is 2.30. The van der Waals surface area contributed by atoms with Crippen molar-refractivity contribution in [2.45, 2.75) is 40.2 Å². The third-order valence-electron chi connectivity index (χ3n) is 3.72. The molecule has 0 unspecified atom stereocenters. The number of hydrogen-bond acceptors (Lipinski definition) is 4. The lowest BCUT2D eigenvalue weighted by Crippen LogP contribution is -2.52. The van der Waals surface area contributed by atoms with Crippen molar-refractivity contribution in [3.63, 3.8) is 0 Å². The lowest BCUT2D eigenvalue weighted by Gasteiger charge is -2.28. The standard InChI is InChI=1S/C15H28N4O2/c1-7-19(8-2)14(21)10-18(6)9-13(20)17-15(5,11-16)12(3)4/h12H,7-10H2,1-6H3,(H,17,20)/t15-/m1/s1. The zero-order valence-electron chi connectivity index (χ0n) is 14.1. The molecule has 0 heterocycles. The molecule has 0 rings (SSSR count). The van der Waals surface area contributed by atoms with Gasteiger partial charge in [-0.3, -0.25) is 14.5 Å². The van der Waals surface area contributed by atoms with Crippen LogP contribution in [0.25, 0.3) is 0 Å². The number of nitrogens with one attached hydrogen (secondary N) is 1. The number of nitrogens with zero attached hydrogens (tertiary/aromatic N) is 3. The van der Waals surface area contributed by atoms with Gasteiger partial charge in [0.1, 0.15) is 5.54 Å². The fourth-order valence-electron chi connectivity index (χ4n) is 1.84. The van der Waals surface area contributed by atoms with E-state index in [0.717, 1.165) is 0 Å². The summed E-state index contributed by atoms with van der Waals surface area (Å²) in [4.78, 5) is 27.3. The Hall–Kier alpha value is -1.61. The second-order valence-electron chi connectivity index (χ2n) is 5.76. The molecule has 2 amide bonds. The molecule has 0 saturated carbocycles. The number of carbonyl (C=O) groups excluding carboxylic acids is 2. The van der Waals surface area contributed by atoms with Crippen molar-refractivity contribution in [1.29, 1.82) is 5.26 Å². The number of amides is 2. The molecule has 120 valence electrons. The van der Waals surface area contributed by atoms with Gasteiger partial charge in [-0.05, 0) is 33.7 Å². The first-order chi connectivity index (χ1) is 9.69. The fourth-order valence-corrected chi connectivity index (χ4v) is 1.84. The topological polar surface area (TPSA) is 76.4 Å². The van der Waals surface area contributed by atoms with Crippen LogP contribution >= 0.6 is 0 Å². The molecule has 6 nitrogen and oxygen atoms in total. The van der Waals surface area contributed by atoms with E-state index in [4.69, 9.17) is 0 Å². The summed E-state index contributed by atoms with van der Waals surface area (Å²) in [6, 6.07) is 2.13. The van der Waals surface area contributed by atoms with Crippen LogP contribution in [-0.2, 0) is 9.59 Å². The van der Waals surface area contributed by atoms with Crippen LogP contribution in [0.2, 0.25) is 0 Å². The summed E-state index contributed by atoms with van der Waals surface area (Å²) in [5.41, 5.74) is -0.888. The van der Waals surface area contributed by atoms with Gasteiger partial charge in [-0.1, -0.05) is 13.8 Å². The molecule has 0 aromatic rings. The Morgan fingerprint density at radius 1 is 1.24 bits per heavy atom. The predicted molar refractivity (Wildman–Crippen MR) is 82.4 cm³/mol. The smallest absolute Gasteiger partial charge is 0.236 e. The van der Waals surface area contributed by atoms with Gasteiger partial charge in [0, 0.05) is 13.1 Å². The average molecular weight is 296 g/mol. The van der Waals surface area contributed by atoms with E-state index in [1.165, 1.54) is 0 Å². The molecule has 0 aromatic carbocycles. The first kappa shape index (κ1) is 19.4. The Balaban J connectivity index is 4.47. The first-order valence-electron chi connectivity index (χ1n) is 7.38. The van der Waals surface area contributed by atoms with Gasteiger partial charge in [-0.15, -0.1) is 0 Å². The summed E-state index contributed by atoms with van der Waals surface area (Å²) in [6.07, 6.45) is 0.